The van der Waals surface area contributed by atoms with Crippen molar-refractivity contribution in [3.05, 3.63) is 18.1 Å². The van der Waals surface area contributed by atoms with E-state index in [1.807, 2.05) is 0 Å². The van der Waals surface area contributed by atoms with Crippen molar-refractivity contribution in [3.63, 3.8) is 0 Å². The van der Waals surface area contributed by atoms with Gasteiger partial charge < -0.3 is 0 Å². The Morgan fingerprint density at radius 2 is 2.11 bits per heavy atom. The zero-order valence-electron chi connectivity index (χ0n) is 5.68. The zero-order chi connectivity index (χ0) is 7.11. The molecule has 51 valence electrons. The summed E-state index contributed by atoms with van der Waals surface area (Å²) in [6, 6.07) is 0. The average molecular weight is 159 g/mol. The highest BCUT2D eigenvalue weighted by Gasteiger charge is 2.01. The van der Waals surface area contributed by atoms with Crippen molar-refractivity contribution in [1.29, 1.82) is 0 Å². The zero-order valence-corrected chi connectivity index (χ0v) is 7.50. The summed E-state index contributed by atoms with van der Waals surface area (Å²) < 4.78 is 0. The molecule has 0 aromatic rings. The van der Waals surface area contributed by atoms with E-state index in [4.69, 9.17) is 0 Å². The number of allylic oxidation sites excluding steroid dienone is 2. The summed E-state index contributed by atoms with van der Waals surface area (Å²) in [5.41, 5.74) is 0. The van der Waals surface area contributed by atoms with Crippen LogP contribution >= 0.6 is 8.02 Å². The van der Waals surface area contributed by atoms with Crippen LogP contribution in [0.2, 0.25) is 0 Å². The van der Waals surface area contributed by atoms with E-state index < -0.39 is 0 Å². The van der Waals surface area contributed by atoms with Gasteiger partial charge in [-0.15, -0.1) is 0 Å². The van der Waals surface area contributed by atoms with E-state index in [1.165, 1.54) is 19.3 Å². The molecule has 0 aromatic carbocycles. The first-order chi connectivity index (χ1) is 4.39. The molecule has 1 rings (SSSR count). The summed E-state index contributed by atoms with van der Waals surface area (Å²) in [5, 5.41) is 0. The van der Waals surface area contributed by atoms with Gasteiger partial charge in [-0.2, -0.15) is 0 Å². The lowest BCUT2D eigenvalue weighted by Gasteiger charge is -2.09. The minimum atomic E-state index is 1.22. The first-order valence-corrected chi connectivity index (χ1v) is 4.69. The molecule has 9 heavy (non-hydrogen) atoms. The molecule has 0 nitrogen and oxygen atoms in total. The van der Waals surface area contributed by atoms with E-state index in [9.17, 15) is 0 Å². The Balaban J connectivity index is 0.000000291. The van der Waals surface area contributed by atoms with Gasteiger partial charge in [0.05, 0.1) is 0 Å². The van der Waals surface area contributed by atoms with Gasteiger partial charge >= 0.3 is 0 Å². The molecule has 0 unspecified atom stereocenters. The Hall–Kier alpha value is 0.260. The molecule has 0 bridgehead atoms. The summed E-state index contributed by atoms with van der Waals surface area (Å²) in [6.45, 7) is 2.23. The molecule has 0 spiro atoms. The maximum atomic E-state index is 3.89. The van der Waals surface area contributed by atoms with Gasteiger partial charge in [0, 0.05) is 0 Å². The normalized spacial score (nSPS) is 18.3. The number of hydrogen-bond acceptors (Lipinski definition) is 1. The Labute approximate surface area is 64.6 Å². The fourth-order valence-corrected chi connectivity index (χ4v) is 0.834. The molecule has 2 heteroatoms. The molecule has 0 fully saturated rings. The van der Waals surface area contributed by atoms with Gasteiger partial charge in [0.2, 0.25) is 0 Å². The van der Waals surface area contributed by atoms with Crippen LogP contribution in [0.3, 0.4) is 0 Å². The molecule has 0 saturated carbocycles. The van der Waals surface area contributed by atoms with Crippen LogP contribution in [0.5, 0.6) is 0 Å². The maximum Gasteiger partial charge on any atom is -0.0231 e. The number of rotatable bonds is 0. The van der Waals surface area contributed by atoms with Crippen molar-refractivity contribution in [2.75, 3.05) is 0 Å². The third-order valence-electron chi connectivity index (χ3n) is 1.37. The Morgan fingerprint density at radius 1 is 1.44 bits per heavy atom. The van der Waals surface area contributed by atoms with Crippen LogP contribution in [-0.2, 0) is 11.8 Å². The lowest BCUT2D eigenvalue weighted by Crippen LogP contribution is -1.92. The monoisotopic (exact) mass is 159 g/mol. The van der Waals surface area contributed by atoms with Crippen molar-refractivity contribution < 1.29 is 0 Å². The lowest BCUT2D eigenvalue weighted by atomic mass is 9.97. The molecule has 0 aromatic heterocycles. The van der Waals surface area contributed by atoms with Crippen LogP contribution in [-0.4, -0.2) is 0 Å². The van der Waals surface area contributed by atoms with E-state index >= 15 is 0 Å². The minimum absolute atomic E-state index is 1.22. The summed E-state index contributed by atoms with van der Waals surface area (Å²) >= 11 is 3.89. The molecular weight excluding hydrogens is 147 g/mol. The van der Waals surface area contributed by atoms with E-state index in [0.29, 0.717) is 0 Å². The SMILES string of the molecule is C[C]1CC=CCC1.P=S. The summed E-state index contributed by atoms with van der Waals surface area (Å²) in [7, 11) is 2.56. The highest BCUT2D eigenvalue weighted by atomic mass is 32.4. The third-order valence-corrected chi connectivity index (χ3v) is 1.37. The topological polar surface area (TPSA) is 0 Å². The van der Waals surface area contributed by atoms with E-state index in [0.717, 1.165) is 0 Å². The minimum Gasteiger partial charge on any atom is -0.0885 e. The second-order valence-electron chi connectivity index (χ2n) is 2.17. The third kappa shape index (κ3) is 4.74. The van der Waals surface area contributed by atoms with Crippen molar-refractivity contribution in [1.82, 2.24) is 0 Å². The van der Waals surface area contributed by atoms with Crippen LogP contribution in [0.25, 0.3) is 0 Å². The Morgan fingerprint density at radius 3 is 2.33 bits per heavy atom. The molecule has 1 aliphatic rings. The molecule has 0 aliphatic heterocycles. The van der Waals surface area contributed by atoms with Crippen molar-refractivity contribution in [3.8, 4) is 0 Å². The molecule has 1 aliphatic carbocycles. The molecule has 0 heterocycles. The van der Waals surface area contributed by atoms with Crippen molar-refractivity contribution in [2.45, 2.75) is 26.2 Å². The smallest absolute Gasteiger partial charge is 0.0231 e. The van der Waals surface area contributed by atoms with Crippen LogP contribution in [0.4, 0.5) is 0 Å². The fraction of sp³-hybridized carbons (Fsp3) is 0.571. The first-order valence-electron chi connectivity index (χ1n) is 3.06. The van der Waals surface area contributed by atoms with Crippen LogP contribution in [0.1, 0.15) is 26.2 Å². The van der Waals surface area contributed by atoms with Crippen LogP contribution < -0.4 is 0 Å². The maximum absolute atomic E-state index is 3.89. The summed E-state index contributed by atoms with van der Waals surface area (Å²) in [5.74, 6) is 1.63. The highest BCUT2D eigenvalue weighted by Crippen LogP contribution is 2.18. The average Bonchev–Trinajstić information content (AvgIpc) is 1.94. The molecule has 0 N–H and O–H groups in total. The molecule has 0 atom stereocenters. The van der Waals surface area contributed by atoms with E-state index in [1.54, 1.807) is 5.92 Å². The lowest BCUT2D eigenvalue weighted by molar-refractivity contribution is 0.774. The predicted molar refractivity (Wildman–Crippen MR) is 47.6 cm³/mol. The highest BCUT2D eigenvalue weighted by molar-refractivity contribution is 7.88. The Bertz CT molecular complexity index is 90.9. The predicted octanol–water partition coefficient (Wildman–Crippen LogP) is 2.91. The standard InChI is InChI=1S/C7H11.HPS/c1-7-5-3-2-4-6-7;1-2/h2-3H,4-6H2,1H3;1H. The largest absolute Gasteiger partial charge is 0.0885 e. The molecule has 1 radical (unpaired) electrons. The van der Waals surface area contributed by atoms with Gasteiger partial charge in [-0.3, -0.25) is 0 Å². The quantitative estimate of drug-likeness (QED) is 0.387. The van der Waals surface area contributed by atoms with Gasteiger partial charge in [0.25, 0.3) is 0 Å². The molecule has 0 saturated heterocycles. The molecule has 0 amide bonds. The Kier molecular flexibility index (Phi) is 6.57. The van der Waals surface area contributed by atoms with E-state index in [-0.39, 0.29) is 0 Å². The van der Waals surface area contributed by atoms with Crippen LogP contribution in [0, 0.1) is 5.92 Å². The van der Waals surface area contributed by atoms with Crippen molar-refractivity contribution in [2.24, 2.45) is 0 Å². The fourth-order valence-electron chi connectivity index (χ4n) is 0.834. The first kappa shape index (κ1) is 9.26. The van der Waals surface area contributed by atoms with Gasteiger partial charge in [-0.25, -0.2) is 0 Å². The number of hydrogen-bond donors (Lipinski definition) is 0. The second kappa shape index (κ2) is 6.38. The van der Waals surface area contributed by atoms with E-state index in [2.05, 4.69) is 38.9 Å². The molecular formula is C7H12PS. The van der Waals surface area contributed by atoms with Crippen molar-refractivity contribution >= 4 is 19.8 Å². The van der Waals surface area contributed by atoms with Gasteiger partial charge in [0.15, 0.2) is 0 Å². The van der Waals surface area contributed by atoms with Gasteiger partial charge in [-0.05, 0) is 33.2 Å². The summed E-state index contributed by atoms with van der Waals surface area (Å²) in [6.07, 6.45) is 8.31. The summed E-state index contributed by atoms with van der Waals surface area (Å²) in [4.78, 5) is 0. The second-order valence-corrected chi connectivity index (χ2v) is 2.17. The van der Waals surface area contributed by atoms with Crippen LogP contribution in [0.15, 0.2) is 12.2 Å². The van der Waals surface area contributed by atoms with Gasteiger partial charge in [-0.1, -0.05) is 30.9 Å². The van der Waals surface area contributed by atoms with Gasteiger partial charge in [0.1, 0.15) is 0 Å².